The molecular formula is C31H26N2O2. The molecule has 0 atom stereocenters. The molecule has 5 aromatic rings. The number of hydrogen-bond donors (Lipinski definition) is 1. The van der Waals surface area contributed by atoms with Gasteiger partial charge in [-0.25, -0.2) is 4.98 Å². The van der Waals surface area contributed by atoms with Crippen molar-refractivity contribution < 1.29 is 9.53 Å². The Hall–Kier alpha value is -4.44. The fourth-order valence-electron chi connectivity index (χ4n) is 4.17. The highest BCUT2D eigenvalue weighted by atomic mass is 16.5. The van der Waals surface area contributed by atoms with Crippen molar-refractivity contribution in [3.05, 3.63) is 119 Å². The number of aryl methyl sites for hydroxylation is 3. The summed E-state index contributed by atoms with van der Waals surface area (Å²) < 4.78 is 5.91. The van der Waals surface area contributed by atoms with Gasteiger partial charge in [0, 0.05) is 16.6 Å². The molecule has 0 aliphatic heterocycles. The van der Waals surface area contributed by atoms with Crippen LogP contribution >= 0.6 is 0 Å². The lowest BCUT2D eigenvalue weighted by Crippen LogP contribution is -2.13. The third-order valence-corrected chi connectivity index (χ3v) is 5.93. The minimum absolute atomic E-state index is 0.174. The van der Waals surface area contributed by atoms with E-state index in [1.165, 1.54) is 5.56 Å². The van der Waals surface area contributed by atoms with Crippen LogP contribution in [0.25, 0.3) is 22.2 Å². The second kappa shape index (κ2) is 9.43. The summed E-state index contributed by atoms with van der Waals surface area (Å²) in [5.41, 5.74) is 7.20. The van der Waals surface area contributed by atoms with Gasteiger partial charge in [0.15, 0.2) is 0 Å². The number of anilines is 1. The fraction of sp³-hybridized carbons (Fsp3) is 0.0968. The van der Waals surface area contributed by atoms with Crippen molar-refractivity contribution in [3.63, 3.8) is 0 Å². The van der Waals surface area contributed by atoms with Gasteiger partial charge in [0.25, 0.3) is 5.91 Å². The van der Waals surface area contributed by atoms with Crippen LogP contribution in [-0.4, -0.2) is 10.9 Å². The molecule has 0 unspecified atom stereocenters. The van der Waals surface area contributed by atoms with E-state index in [0.717, 1.165) is 39.0 Å². The topological polar surface area (TPSA) is 51.2 Å². The van der Waals surface area contributed by atoms with Crippen LogP contribution in [-0.2, 0) is 0 Å². The smallest absolute Gasteiger partial charge is 0.256 e. The largest absolute Gasteiger partial charge is 0.457 e. The number of pyridine rings is 1. The number of nitrogens with one attached hydrogen (secondary N) is 1. The van der Waals surface area contributed by atoms with E-state index in [9.17, 15) is 4.79 Å². The summed E-state index contributed by atoms with van der Waals surface area (Å²) in [7, 11) is 0. The number of carbonyl (C=O) groups is 1. The molecule has 0 saturated carbocycles. The number of rotatable bonds is 5. The van der Waals surface area contributed by atoms with E-state index in [1.54, 1.807) is 0 Å². The minimum atomic E-state index is -0.174. The molecule has 0 aliphatic carbocycles. The Morgan fingerprint density at radius 3 is 2.09 bits per heavy atom. The number of hydrogen-bond acceptors (Lipinski definition) is 3. The highest BCUT2D eigenvalue weighted by Crippen LogP contribution is 2.29. The molecule has 0 radical (unpaired) electrons. The summed E-state index contributed by atoms with van der Waals surface area (Å²) >= 11 is 0. The molecule has 0 spiro atoms. The normalized spacial score (nSPS) is 10.8. The maximum absolute atomic E-state index is 13.5. The van der Waals surface area contributed by atoms with Crippen LogP contribution in [0.15, 0.2) is 97.1 Å². The molecule has 5 rings (SSSR count). The Morgan fingerprint density at radius 1 is 0.743 bits per heavy atom. The van der Waals surface area contributed by atoms with Crippen molar-refractivity contribution in [1.82, 2.24) is 4.98 Å². The van der Waals surface area contributed by atoms with E-state index in [4.69, 9.17) is 9.72 Å². The van der Waals surface area contributed by atoms with Crippen molar-refractivity contribution in [2.45, 2.75) is 20.8 Å². The van der Waals surface area contributed by atoms with E-state index in [0.29, 0.717) is 17.0 Å². The summed E-state index contributed by atoms with van der Waals surface area (Å²) in [5.74, 6) is 1.31. The number of aromatic nitrogens is 1. The second-order valence-electron chi connectivity index (χ2n) is 8.79. The van der Waals surface area contributed by atoms with Gasteiger partial charge < -0.3 is 10.1 Å². The van der Waals surface area contributed by atoms with Crippen LogP contribution in [0.1, 0.15) is 27.0 Å². The molecule has 0 aliphatic rings. The summed E-state index contributed by atoms with van der Waals surface area (Å²) in [4.78, 5) is 18.4. The van der Waals surface area contributed by atoms with Crippen molar-refractivity contribution >= 4 is 22.5 Å². The maximum atomic E-state index is 13.5. The van der Waals surface area contributed by atoms with Crippen LogP contribution in [0.3, 0.4) is 0 Å². The van der Waals surface area contributed by atoms with Gasteiger partial charge in [-0.05, 0) is 74.9 Å². The first-order valence-corrected chi connectivity index (χ1v) is 11.6. The first-order chi connectivity index (χ1) is 17.0. The molecule has 1 heterocycles. The lowest BCUT2D eigenvalue weighted by molar-refractivity contribution is 0.102. The summed E-state index contributed by atoms with van der Waals surface area (Å²) in [6.45, 7) is 6.11. The van der Waals surface area contributed by atoms with Crippen LogP contribution in [0.5, 0.6) is 11.5 Å². The molecule has 4 nitrogen and oxygen atoms in total. The molecule has 1 aromatic heterocycles. The fourth-order valence-corrected chi connectivity index (χ4v) is 4.17. The Labute approximate surface area is 205 Å². The molecule has 0 bridgehead atoms. The Morgan fingerprint density at radius 2 is 1.40 bits per heavy atom. The lowest BCUT2D eigenvalue weighted by Gasteiger charge is -2.13. The number of carbonyl (C=O) groups excluding carboxylic acids is 1. The summed E-state index contributed by atoms with van der Waals surface area (Å²) in [5, 5.41) is 3.89. The molecule has 4 heteroatoms. The molecular weight excluding hydrogens is 432 g/mol. The number of ether oxygens (including phenoxy) is 1. The van der Waals surface area contributed by atoms with Gasteiger partial charge in [-0.3, -0.25) is 4.79 Å². The lowest BCUT2D eigenvalue weighted by atomic mass is 9.99. The molecule has 4 aromatic carbocycles. The van der Waals surface area contributed by atoms with Gasteiger partial charge in [-0.1, -0.05) is 59.7 Å². The van der Waals surface area contributed by atoms with Crippen molar-refractivity contribution in [2.75, 3.05) is 5.32 Å². The second-order valence-corrected chi connectivity index (χ2v) is 8.79. The van der Waals surface area contributed by atoms with Crippen molar-refractivity contribution in [1.29, 1.82) is 0 Å². The Balaban J connectivity index is 1.45. The summed E-state index contributed by atoms with van der Waals surface area (Å²) in [6.07, 6.45) is 0. The monoisotopic (exact) mass is 458 g/mol. The first-order valence-electron chi connectivity index (χ1n) is 11.6. The van der Waals surface area contributed by atoms with Crippen LogP contribution in [0, 0.1) is 20.8 Å². The maximum Gasteiger partial charge on any atom is 0.256 e. The molecule has 0 fully saturated rings. The molecule has 35 heavy (non-hydrogen) atoms. The first kappa shape index (κ1) is 22.4. The zero-order valence-corrected chi connectivity index (χ0v) is 20.0. The predicted molar refractivity (Wildman–Crippen MR) is 142 cm³/mol. The molecule has 172 valence electrons. The van der Waals surface area contributed by atoms with Gasteiger partial charge in [0.05, 0.1) is 16.8 Å². The van der Waals surface area contributed by atoms with E-state index >= 15 is 0 Å². The molecule has 1 N–H and O–H groups in total. The number of amides is 1. The highest BCUT2D eigenvalue weighted by Gasteiger charge is 2.16. The van der Waals surface area contributed by atoms with E-state index in [1.807, 2.05) is 112 Å². The molecule has 0 saturated heterocycles. The Bertz CT molecular complexity index is 1510. The zero-order valence-electron chi connectivity index (χ0n) is 20.0. The van der Waals surface area contributed by atoms with Crippen LogP contribution in [0.2, 0.25) is 0 Å². The van der Waals surface area contributed by atoms with Crippen molar-refractivity contribution in [3.8, 4) is 22.8 Å². The van der Waals surface area contributed by atoms with Gasteiger partial charge in [0.2, 0.25) is 0 Å². The third kappa shape index (κ3) is 4.92. The van der Waals surface area contributed by atoms with Crippen molar-refractivity contribution in [2.24, 2.45) is 0 Å². The molecule has 1 amide bonds. The van der Waals surface area contributed by atoms with E-state index in [2.05, 4.69) is 11.4 Å². The minimum Gasteiger partial charge on any atom is -0.457 e. The average molecular weight is 459 g/mol. The zero-order chi connectivity index (χ0) is 24.4. The quantitative estimate of drug-likeness (QED) is 0.291. The predicted octanol–water partition coefficient (Wildman–Crippen LogP) is 7.87. The number of fused-ring (bicyclic) bond motifs is 1. The van der Waals surface area contributed by atoms with Crippen LogP contribution < -0.4 is 10.1 Å². The average Bonchev–Trinajstić information content (AvgIpc) is 2.86. The Kier molecular flexibility index (Phi) is 6.02. The standard InChI is InChI=1S/C31H26N2O2/c1-20-9-13-25(14-10-20)35-26-15-11-24(12-16-26)32-31(34)28-19-29(23-7-5-4-6-8-23)33-30-22(3)17-21(2)18-27(28)30/h4-19H,1-3H3,(H,32,34). The summed E-state index contributed by atoms with van der Waals surface area (Å²) in [6, 6.07) is 31.2. The van der Waals surface area contributed by atoms with E-state index < -0.39 is 0 Å². The van der Waals surface area contributed by atoms with Crippen LogP contribution in [0.4, 0.5) is 5.69 Å². The van der Waals surface area contributed by atoms with Gasteiger partial charge in [0.1, 0.15) is 11.5 Å². The van der Waals surface area contributed by atoms with Gasteiger partial charge in [-0.15, -0.1) is 0 Å². The van der Waals surface area contributed by atoms with Gasteiger partial charge in [-0.2, -0.15) is 0 Å². The number of nitrogens with zero attached hydrogens (tertiary/aromatic N) is 1. The highest BCUT2D eigenvalue weighted by molar-refractivity contribution is 6.13. The van der Waals surface area contributed by atoms with Gasteiger partial charge >= 0.3 is 0 Å². The third-order valence-electron chi connectivity index (χ3n) is 5.93. The SMILES string of the molecule is Cc1ccc(Oc2ccc(NC(=O)c3cc(-c4ccccc4)nc4c(C)cc(C)cc34)cc2)cc1. The van der Waals surface area contributed by atoms with E-state index in [-0.39, 0.29) is 5.91 Å². The number of benzene rings is 4.